The lowest BCUT2D eigenvalue weighted by Gasteiger charge is -2.30. The van der Waals surface area contributed by atoms with Gasteiger partial charge in [-0.05, 0) is 140 Å². The third kappa shape index (κ3) is 4.80. The van der Waals surface area contributed by atoms with Gasteiger partial charge in [0.2, 0.25) is 5.89 Å². The first-order valence-corrected chi connectivity index (χ1v) is 19.5. The van der Waals surface area contributed by atoms with E-state index in [2.05, 4.69) is 140 Å². The average molecular weight is 752 g/mol. The van der Waals surface area contributed by atoms with E-state index in [0.29, 0.717) is 39.5 Å². The van der Waals surface area contributed by atoms with E-state index in [1.807, 2.05) is 24.3 Å². The first-order valence-electron chi connectivity index (χ1n) is 19.5. The first kappa shape index (κ1) is 32.9. The zero-order valence-electron chi connectivity index (χ0n) is 31.4. The molecule has 272 valence electrons. The summed E-state index contributed by atoms with van der Waals surface area (Å²) >= 11 is 0. The second-order valence-electron chi connectivity index (χ2n) is 15.3. The van der Waals surface area contributed by atoms with Gasteiger partial charge in [0.15, 0.2) is 5.58 Å². The highest BCUT2D eigenvalue weighted by Gasteiger charge is 2.51. The Morgan fingerprint density at radius 1 is 0.407 bits per heavy atom. The van der Waals surface area contributed by atoms with Crippen molar-refractivity contribution >= 4 is 22.1 Å². The number of hydrogen-bond donors (Lipinski definition) is 0. The Balaban J connectivity index is 1.02. The number of fused-ring (bicyclic) bond motifs is 12. The van der Waals surface area contributed by atoms with Gasteiger partial charge in [-0.1, -0.05) is 103 Å². The Morgan fingerprint density at radius 3 is 1.66 bits per heavy atom. The van der Waals surface area contributed by atoms with E-state index >= 15 is 0 Å². The van der Waals surface area contributed by atoms with E-state index < -0.39 is 5.41 Å². The molecule has 8 aromatic carbocycles. The van der Waals surface area contributed by atoms with Crippen LogP contribution >= 0.6 is 0 Å². The first-order chi connectivity index (χ1) is 29.1. The van der Waals surface area contributed by atoms with Crippen molar-refractivity contribution in [3.8, 4) is 79.4 Å². The Hall–Kier alpha value is -8.25. The molecule has 12 rings (SSSR count). The number of oxazole rings is 1. The van der Waals surface area contributed by atoms with Gasteiger partial charge in [0, 0.05) is 16.5 Å². The summed E-state index contributed by atoms with van der Waals surface area (Å²) in [7, 11) is 0. The van der Waals surface area contributed by atoms with Crippen LogP contribution in [0.15, 0.2) is 185 Å². The zero-order valence-corrected chi connectivity index (χ0v) is 31.4. The minimum Gasteiger partial charge on any atom is -0.456 e. The van der Waals surface area contributed by atoms with Crippen LogP contribution in [0.4, 0.5) is 0 Å². The number of aromatic nitrogens is 1. The van der Waals surface area contributed by atoms with Gasteiger partial charge in [-0.15, -0.1) is 0 Å². The number of rotatable bonds is 4. The van der Waals surface area contributed by atoms with E-state index in [9.17, 15) is 10.5 Å². The lowest BCUT2D eigenvalue weighted by molar-refractivity contribution is 0.619. The largest absolute Gasteiger partial charge is 0.456 e. The number of benzene rings is 8. The molecule has 5 nitrogen and oxygen atoms in total. The quantitative estimate of drug-likeness (QED) is 0.179. The fourth-order valence-electron chi connectivity index (χ4n) is 9.59. The molecule has 0 radical (unpaired) electrons. The molecule has 0 bridgehead atoms. The topological polar surface area (TPSA) is 86.8 Å². The van der Waals surface area contributed by atoms with E-state index in [4.69, 9.17) is 13.8 Å². The van der Waals surface area contributed by atoms with Crippen molar-refractivity contribution in [1.82, 2.24) is 4.98 Å². The molecule has 1 spiro atoms. The van der Waals surface area contributed by atoms with E-state index in [-0.39, 0.29) is 0 Å². The molecule has 2 aliphatic carbocycles. The molecular formula is C54H29N3O2. The molecule has 2 aromatic heterocycles. The van der Waals surface area contributed by atoms with Crippen molar-refractivity contribution < 1.29 is 8.83 Å². The maximum atomic E-state index is 9.55. The van der Waals surface area contributed by atoms with Gasteiger partial charge in [-0.3, -0.25) is 0 Å². The molecule has 0 N–H and O–H groups in total. The molecule has 0 saturated carbocycles. The van der Waals surface area contributed by atoms with Crippen molar-refractivity contribution in [2.24, 2.45) is 0 Å². The predicted octanol–water partition coefficient (Wildman–Crippen LogP) is 13.3. The predicted molar refractivity (Wildman–Crippen MR) is 231 cm³/mol. The van der Waals surface area contributed by atoms with Crippen LogP contribution < -0.4 is 0 Å². The molecule has 2 aliphatic rings. The summed E-state index contributed by atoms with van der Waals surface area (Å²) in [6, 6.07) is 65.6. The summed E-state index contributed by atoms with van der Waals surface area (Å²) in [5.74, 6) is 1.11. The number of furan rings is 1. The monoisotopic (exact) mass is 751 g/mol. The van der Waals surface area contributed by atoms with E-state index in [1.165, 1.54) is 44.5 Å². The molecule has 0 saturated heterocycles. The van der Waals surface area contributed by atoms with Gasteiger partial charge >= 0.3 is 0 Å². The van der Waals surface area contributed by atoms with Gasteiger partial charge < -0.3 is 8.83 Å². The normalized spacial score (nSPS) is 12.8. The second-order valence-corrected chi connectivity index (χ2v) is 15.3. The summed E-state index contributed by atoms with van der Waals surface area (Å²) in [6.45, 7) is 0. The van der Waals surface area contributed by atoms with Crippen LogP contribution in [0, 0.1) is 22.7 Å². The van der Waals surface area contributed by atoms with Gasteiger partial charge in [0.05, 0.1) is 28.7 Å². The van der Waals surface area contributed by atoms with Crippen molar-refractivity contribution in [3.63, 3.8) is 0 Å². The van der Waals surface area contributed by atoms with Crippen LogP contribution in [0.3, 0.4) is 0 Å². The SMILES string of the molecule is N#Cc1ccc2oc(-c3cc(-c4cccc(-c5ccc6c(c5)C5(c7ccccc7-c7ccccc75)c5ccccc5-6)c4)cc(-c4nc5cc(C#N)ccc5o4)c3)cc2c1. The highest BCUT2D eigenvalue weighted by Crippen LogP contribution is 2.63. The number of nitriles is 2. The van der Waals surface area contributed by atoms with Gasteiger partial charge in [0.1, 0.15) is 16.9 Å². The molecule has 0 fully saturated rings. The lowest BCUT2D eigenvalue weighted by atomic mass is 9.70. The maximum Gasteiger partial charge on any atom is 0.227 e. The lowest BCUT2D eigenvalue weighted by Crippen LogP contribution is -2.25. The maximum absolute atomic E-state index is 9.55. The fraction of sp³-hybridized carbons (Fsp3) is 0.0185. The molecule has 10 aromatic rings. The molecule has 0 unspecified atom stereocenters. The van der Waals surface area contributed by atoms with E-state index in [1.54, 1.807) is 24.3 Å². The smallest absolute Gasteiger partial charge is 0.227 e. The highest BCUT2D eigenvalue weighted by molar-refractivity contribution is 5.96. The standard InChI is InChI=1S/C54H29N3O2/c55-30-32-16-20-50-38(22-32)29-52(58-50)39-25-37(26-40(27-39)53-57-49-23-33(31-56)17-21-51(49)59-53)35-9-7-8-34(24-35)36-18-19-44-43-12-3-6-15-47(43)54(48(44)28-36)45-13-4-1-10-41(45)42-11-2-5-14-46(42)54/h1-29H. The molecule has 0 aliphatic heterocycles. The molecule has 5 heteroatoms. The zero-order chi connectivity index (χ0) is 39.2. The summed E-state index contributed by atoms with van der Waals surface area (Å²) in [6.07, 6.45) is 0. The Labute approximate surface area is 339 Å². The van der Waals surface area contributed by atoms with Crippen LogP contribution in [0.1, 0.15) is 33.4 Å². The summed E-state index contributed by atoms with van der Waals surface area (Å²) in [5, 5.41) is 19.9. The average Bonchev–Trinajstić information content (AvgIpc) is 4.07. The molecule has 2 heterocycles. The van der Waals surface area contributed by atoms with Crippen molar-refractivity contribution in [1.29, 1.82) is 10.5 Å². The molecule has 0 atom stereocenters. The molecule has 0 amide bonds. The van der Waals surface area contributed by atoms with E-state index in [0.717, 1.165) is 38.8 Å². The van der Waals surface area contributed by atoms with Crippen LogP contribution in [-0.2, 0) is 5.41 Å². The second kappa shape index (κ2) is 12.4. The number of nitrogens with zero attached hydrogens (tertiary/aromatic N) is 3. The van der Waals surface area contributed by atoms with Crippen LogP contribution in [0.2, 0.25) is 0 Å². The minimum atomic E-state index is -0.426. The van der Waals surface area contributed by atoms with Crippen LogP contribution in [0.25, 0.3) is 89.4 Å². The summed E-state index contributed by atoms with van der Waals surface area (Å²) in [4.78, 5) is 4.82. The molecule has 59 heavy (non-hydrogen) atoms. The molecular weight excluding hydrogens is 723 g/mol. The van der Waals surface area contributed by atoms with Crippen molar-refractivity contribution in [2.45, 2.75) is 5.41 Å². The highest BCUT2D eigenvalue weighted by atomic mass is 16.3. The Kier molecular flexibility index (Phi) is 6.91. The van der Waals surface area contributed by atoms with Gasteiger partial charge in [-0.25, -0.2) is 4.98 Å². The van der Waals surface area contributed by atoms with Gasteiger partial charge in [0.25, 0.3) is 0 Å². The Morgan fingerprint density at radius 2 is 0.966 bits per heavy atom. The van der Waals surface area contributed by atoms with Crippen LogP contribution in [0.5, 0.6) is 0 Å². The summed E-state index contributed by atoms with van der Waals surface area (Å²) in [5.41, 5.74) is 18.8. The van der Waals surface area contributed by atoms with Crippen molar-refractivity contribution in [2.75, 3.05) is 0 Å². The fourth-order valence-corrected chi connectivity index (χ4v) is 9.59. The minimum absolute atomic E-state index is 0.426. The van der Waals surface area contributed by atoms with Crippen LogP contribution in [-0.4, -0.2) is 4.98 Å². The third-order valence-corrected chi connectivity index (χ3v) is 12.2. The third-order valence-electron chi connectivity index (χ3n) is 12.2. The number of hydrogen-bond acceptors (Lipinski definition) is 5. The Bertz CT molecular complexity index is 3330. The van der Waals surface area contributed by atoms with Crippen molar-refractivity contribution in [3.05, 3.63) is 209 Å². The summed E-state index contributed by atoms with van der Waals surface area (Å²) < 4.78 is 12.7. The van der Waals surface area contributed by atoms with Gasteiger partial charge in [-0.2, -0.15) is 10.5 Å².